The zero-order valence-corrected chi connectivity index (χ0v) is 18.1. The normalized spacial score (nSPS) is 25.0. The van der Waals surface area contributed by atoms with Crippen molar-refractivity contribution in [3.8, 4) is 0 Å². The van der Waals surface area contributed by atoms with Crippen LogP contribution in [0.25, 0.3) is 0 Å². The van der Waals surface area contributed by atoms with Gasteiger partial charge in [0.05, 0.1) is 12.4 Å². The molecule has 2 aliphatic rings. The fourth-order valence-corrected chi connectivity index (χ4v) is 4.32. The van der Waals surface area contributed by atoms with E-state index < -0.39 is 0 Å². The molecule has 1 saturated heterocycles. The first-order chi connectivity index (χ1) is 11.8. The van der Waals surface area contributed by atoms with E-state index in [0.29, 0.717) is 12.0 Å². The number of imidazole rings is 1. The van der Waals surface area contributed by atoms with Gasteiger partial charge in [-0.05, 0) is 31.1 Å². The number of nitrogens with zero attached hydrogens (tertiary/aromatic N) is 4. The molecule has 2 fully saturated rings. The van der Waals surface area contributed by atoms with Crippen molar-refractivity contribution in [2.24, 2.45) is 16.8 Å². The van der Waals surface area contributed by atoms with Crippen LogP contribution in [-0.2, 0) is 0 Å². The summed E-state index contributed by atoms with van der Waals surface area (Å²) in [5, 5.41) is 3.59. The van der Waals surface area contributed by atoms with Crippen molar-refractivity contribution in [1.82, 2.24) is 19.8 Å². The summed E-state index contributed by atoms with van der Waals surface area (Å²) < 4.78 is 2.25. The number of nitrogens with one attached hydrogen (secondary N) is 1. The van der Waals surface area contributed by atoms with Gasteiger partial charge in [0.15, 0.2) is 5.96 Å². The highest BCUT2D eigenvalue weighted by atomic mass is 127. The molecule has 1 aliphatic heterocycles. The van der Waals surface area contributed by atoms with E-state index in [0.717, 1.165) is 31.5 Å². The van der Waals surface area contributed by atoms with Gasteiger partial charge in [0.25, 0.3) is 0 Å². The second kappa shape index (κ2) is 10.4. The van der Waals surface area contributed by atoms with Crippen LogP contribution in [0.5, 0.6) is 0 Å². The number of aliphatic imine (C=N–C) groups is 1. The maximum Gasteiger partial charge on any atom is 0.193 e. The van der Waals surface area contributed by atoms with Crippen LogP contribution in [0, 0.1) is 11.8 Å². The fourth-order valence-electron chi connectivity index (χ4n) is 4.32. The van der Waals surface area contributed by atoms with Crippen molar-refractivity contribution in [2.45, 2.75) is 57.9 Å². The summed E-state index contributed by atoms with van der Waals surface area (Å²) in [6.07, 6.45) is 15.5. The largest absolute Gasteiger partial charge is 0.356 e. The maximum atomic E-state index is 4.53. The molecule has 0 amide bonds. The van der Waals surface area contributed by atoms with E-state index in [1.165, 1.54) is 44.9 Å². The minimum atomic E-state index is 0. The summed E-state index contributed by atoms with van der Waals surface area (Å²) in [6.45, 7) is 5.50. The third-order valence-corrected chi connectivity index (χ3v) is 5.88. The lowest BCUT2D eigenvalue weighted by molar-refractivity contribution is 0.189. The first-order valence-electron chi connectivity index (χ1n) is 9.71. The minimum absolute atomic E-state index is 0. The van der Waals surface area contributed by atoms with E-state index in [9.17, 15) is 0 Å². The third-order valence-electron chi connectivity index (χ3n) is 5.88. The molecule has 2 heterocycles. The highest BCUT2D eigenvalue weighted by Crippen LogP contribution is 2.29. The molecule has 142 valence electrons. The molecule has 2 unspecified atom stereocenters. The van der Waals surface area contributed by atoms with Crippen molar-refractivity contribution in [3.63, 3.8) is 0 Å². The number of rotatable bonds is 5. The SMILES string of the molecule is CN=C(NCCCC1CCCC1)N1CCC(C)C(n2ccnc2)C1.I. The average molecular weight is 459 g/mol. The standard InChI is InChI=1S/C19H33N5.HI/c1-16-9-12-23(14-18(16)24-13-11-21-15-24)19(20-2)22-10-5-8-17-6-3-4-7-17;/h11,13,15-18H,3-10,12,14H2,1-2H3,(H,20,22);1H. The Morgan fingerprint density at radius 1 is 1.28 bits per heavy atom. The summed E-state index contributed by atoms with van der Waals surface area (Å²) in [6, 6.07) is 0.485. The number of hydrogen-bond acceptors (Lipinski definition) is 2. The van der Waals surface area contributed by atoms with Crippen LogP contribution in [0.1, 0.15) is 57.9 Å². The number of likely N-dealkylation sites (tertiary alicyclic amines) is 1. The minimum Gasteiger partial charge on any atom is -0.356 e. The average Bonchev–Trinajstić information content (AvgIpc) is 3.29. The molecule has 3 rings (SSSR count). The smallest absolute Gasteiger partial charge is 0.193 e. The number of hydrogen-bond donors (Lipinski definition) is 1. The lowest BCUT2D eigenvalue weighted by atomic mass is 9.93. The van der Waals surface area contributed by atoms with Gasteiger partial charge >= 0.3 is 0 Å². The molecule has 1 N–H and O–H groups in total. The lowest BCUT2D eigenvalue weighted by Crippen LogP contribution is -2.49. The van der Waals surface area contributed by atoms with E-state index in [2.05, 4.69) is 37.9 Å². The molecular weight excluding hydrogens is 425 g/mol. The van der Waals surface area contributed by atoms with Gasteiger partial charge in [-0.15, -0.1) is 24.0 Å². The van der Waals surface area contributed by atoms with Gasteiger partial charge < -0.3 is 14.8 Å². The van der Waals surface area contributed by atoms with Crippen molar-refractivity contribution in [3.05, 3.63) is 18.7 Å². The lowest BCUT2D eigenvalue weighted by Gasteiger charge is -2.39. The topological polar surface area (TPSA) is 45.5 Å². The Balaban J connectivity index is 0.00000225. The first kappa shape index (κ1) is 20.5. The number of aromatic nitrogens is 2. The Morgan fingerprint density at radius 2 is 2.08 bits per heavy atom. The van der Waals surface area contributed by atoms with Gasteiger partial charge in [-0.25, -0.2) is 4.98 Å². The number of halogens is 1. The molecule has 0 aromatic carbocycles. The highest BCUT2D eigenvalue weighted by molar-refractivity contribution is 14.0. The molecule has 1 aromatic heterocycles. The molecule has 0 bridgehead atoms. The molecule has 0 radical (unpaired) electrons. The van der Waals surface area contributed by atoms with E-state index in [4.69, 9.17) is 0 Å². The van der Waals surface area contributed by atoms with E-state index in [1.54, 1.807) is 0 Å². The van der Waals surface area contributed by atoms with Gasteiger partial charge in [0.2, 0.25) is 0 Å². The monoisotopic (exact) mass is 459 g/mol. The second-order valence-electron chi connectivity index (χ2n) is 7.56. The van der Waals surface area contributed by atoms with Crippen LogP contribution < -0.4 is 5.32 Å². The van der Waals surface area contributed by atoms with Gasteiger partial charge in [-0.2, -0.15) is 0 Å². The second-order valence-corrected chi connectivity index (χ2v) is 7.56. The van der Waals surface area contributed by atoms with Gasteiger partial charge in [-0.1, -0.05) is 32.6 Å². The summed E-state index contributed by atoms with van der Waals surface area (Å²) >= 11 is 0. The van der Waals surface area contributed by atoms with Gasteiger partial charge in [-0.3, -0.25) is 4.99 Å². The highest BCUT2D eigenvalue weighted by Gasteiger charge is 2.28. The Labute approximate surface area is 169 Å². The van der Waals surface area contributed by atoms with E-state index >= 15 is 0 Å². The van der Waals surface area contributed by atoms with Gasteiger partial charge in [0, 0.05) is 39.1 Å². The van der Waals surface area contributed by atoms with Crippen molar-refractivity contribution in [2.75, 3.05) is 26.7 Å². The molecular formula is C19H34IN5. The Hall–Kier alpha value is -0.790. The van der Waals surface area contributed by atoms with E-state index in [-0.39, 0.29) is 24.0 Å². The zero-order valence-electron chi connectivity index (χ0n) is 15.7. The maximum absolute atomic E-state index is 4.53. The quantitative estimate of drug-likeness (QED) is 0.314. The summed E-state index contributed by atoms with van der Waals surface area (Å²) in [7, 11) is 1.91. The Bertz CT molecular complexity index is 510. The zero-order chi connectivity index (χ0) is 16.8. The molecule has 6 heteroatoms. The Morgan fingerprint density at radius 3 is 2.76 bits per heavy atom. The summed E-state index contributed by atoms with van der Waals surface area (Å²) in [4.78, 5) is 11.2. The third kappa shape index (κ3) is 5.59. The molecule has 1 aliphatic carbocycles. The van der Waals surface area contributed by atoms with Gasteiger partial charge in [0.1, 0.15) is 0 Å². The van der Waals surface area contributed by atoms with Crippen molar-refractivity contribution in [1.29, 1.82) is 0 Å². The van der Waals surface area contributed by atoms with Crippen LogP contribution in [0.2, 0.25) is 0 Å². The van der Waals surface area contributed by atoms with E-state index in [1.807, 2.05) is 19.6 Å². The van der Waals surface area contributed by atoms with Crippen molar-refractivity contribution < 1.29 is 0 Å². The predicted molar refractivity (Wildman–Crippen MR) is 115 cm³/mol. The molecule has 5 nitrogen and oxygen atoms in total. The first-order valence-corrected chi connectivity index (χ1v) is 9.71. The van der Waals surface area contributed by atoms with Crippen LogP contribution in [-0.4, -0.2) is 47.1 Å². The molecule has 25 heavy (non-hydrogen) atoms. The predicted octanol–water partition coefficient (Wildman–Crippen LogP) is 3.93. The van der Waals surface area contributed by atoms with Crippen LogP contribution in [0.4, 0.5) is 0 Å². The molecule has 1 saturated carbocycles. The number of guanidine groups is 1. The van der Waals surface area contributed by atoms with Crippen molar-refractivity contribution >= 4 is 29.9 Å². The summed E-state index contributed by atoms with van der Waals surface area (Å²) in [5.74, 6) is 2.73. The molecule has 2 atom stereocenters. The number of piperidine rings is 1. The Kier molecular flexibility index (Phi) is 8.52. The van der Waals surface area contributed by atoms with Crippen LogP contribution in [0.3, 0.4) is 0 Å². The molecule has 0 spiro atoms. The molecule has 1 aromatic rings. The van der Waals surface area contributed by atoms with Crippen LogP contribution in [0.15, 0.2) is 23.7 Å². The van der Waals surface area contributed by atoms with Crippen LogP contribution >= 0.6 is 24.0 Å². The summed E-state index contributed by atoms with van der Waals surface area (Å²) in [5.41, 5.74) is 0. The fraction of sp³-hybridized carbons (Fsp3) is 0.789.